The van der Waals surface area contributed by atoms with Crippen LogP contribution >= 0.6 is 23.2 Å². The van der Waals surface area contributed by atoms with Gasteiger partial charge in [-0.25, -0.2) is 13.6 Å². The van der Waals surface area contributed by atoms with Crippen LogP contribution in [0.15, 0.2) is 52.5 Å². The smallest absolute Gasteiger partial charge is 0.238 e. The largest absolute Gasteiger partial charge is 0.278 e. The molecule has 0 unspecified atom stereocenters. The zero-order valence-electron chi connectivity index (χ0n) is 11.5. The number of hydrazone groups is 1. The molecule has 5 nitrogen and oxygen atoms in total. The number of rotatable bonds is 4. The molecule has 0 saturated carbocycles. The van der Waals surface area contributed by atoms with Crippen molar-refractivity contribution in [1.29, 1.82) is 0 Å². The lowest BCUT2D eigenvalue weighted by Crippen LogP contribution is -2.11. The van der Waals surface area contributed by atoms with Crippen molar-refractivity contribution in [2.45, 2.75) is 11.8 Å². The predicted octanol–water partition coefficient (Wildman–Crippen LogP) is 3.48. The molecular formula is C14H13Cl2N3O2S. The van der Waals surface area contributed by atoms with E-state index in [0.717, 1.165) is 5.56 Å². The highest BCUT2D eigenvalue weighted by Crippen LogP contribution is 2.22. The van der Waals surface area contributed by atoms with Gasteiger partial charge in [0.1, 0.15) is 0 Å². The summed E-state index contributed by atoms with van der Waals surface area (Å²) in [6, 6.07) is 11.1. The summed E-state index contributed by atoms with van der Waals surface area (Å²) in [5.74, 6) is 0. The quantitative estimate of drug-likeness (QED) is 0.648. The van der Waals surface area contributed by atoms with E-state index in [-0.39, 0.29) is 4.90 Å². The summed E-state index contributed by atoms with van der Waals surface area (Å²) < 4.78 is 22.3. The Morgan fingerprint density at radius 3 is 2.32 bits per heavy atom. The molecule has 2 aromatic carbocycles. The SMILES string of the molecule is C/C(=N/Nc1ccc(S(N)(=O)=O)cc1)c1ccc(Cl)cc1Cl. The topological polar surface area (TPSA) is 84.5 Å². The number of nitrogens with two attached hydrogens (primary N) is 1. The van der Waals surface area contributed by atoms with E-state index in [1.54, 1.807) is 37.3 Å². The lowest BCUT2D eigenvalue weighted by atomic mass is 10.1. The van der Waals surface area contributed by atoms with E-state index in [0.29, 0.717) is 21.4 Å². The van der Waals surface area contributed by atoms with Crippen LogP contribution in [0.4, 0.5) is 5.69 Å². The van der Waals surface area contributed by atoms with Crippen molar-refractivity contribution in [2.75, 3.05) is 5.43 Å². The van der Waals surface area contributed by atoms with Crippen LogP contribution < -0.4 is 10.6 Å². The van der Waals surface area contributed by atoms with E-state index in [1.165, 1.54) is 12.1 Å². The van der Waals surface area contributed by atoms with Gasteiger partial charge < -0.3 is 0 Å². The summed E-state index contributed by atoms with van der Waals surface area (Å²) >= 11 is 12.0. The molecule has 0 amide bonds. The van der Waals surface area contributed by atoms with Crippen LogP contribution in [0.1, 0.15) is 12.5 Å². The third-order valence-electron chi connectivity index (χ3n) is 2.86. The van der Waals surface area contributed by atoms with E-state index in [4.69, 9.17) is 28.3 Å². The molecule has 0 aliphatic carbocycles. The molecule has 3 N–H and O–H groups in total. The zero-order valence-corrected chi connectivity index (χ0v) is 13.9. The number of sulfonamides is 1. The van der Waals surface area contributed by atoms with E-state index in [2.05, 4.69) is 10.5 Å². The van der Waals surface area contributed by atoms with Crippen LogP contribution in [0.5, 0.6) is 0 Å². The normalized spacial score (nSPS) is 12.3. The van der Waals surface area contributed by atoms with Gasteiger partial charge in [-0.05, 0) is 43.3 Å². The monoisotopic (exact) mass is 357 g/mol. The molecule has 0 spiro atoms. The molecule has 116 valence electrons. The first-order chi connectivity index (χ1) is 10.3. The van der Waals surface area contributed by atoms with Crippen molar-refractivity contribution in [3.8, 4) is 0 Å². The third kappa shape index (κ3) is 4.20. The first-order valence-corrected chi connectivity index (χ1v) is 8.46. The van der Waals surface area contributed by atoms with E-state index >= 15 is 0 Å². The highest BCUT2D eigenvalue weighted by molar-refractivity contribution is 7.89. The Bertz CT molecular complexity index is 818. The molecule has 8 heteroatoms. The fraction of sp³-hybridized carbons (Fsp3) is 0.0714. The van der Waals surface area contributed by atoms with Gasteiger partial charge in [-0.2, -0.15) is 5.10 Å². The van der Waals surface area contributed by atoms with Crippen molar-refractivity contribution in [3.63, 3.8) is 0 Å². The molecule has 0 aliphatic heterocycles. The van der Waals surface area contributed by atoms with Gasteiger partial charge in [-0.15, -0.1) is 0 Å². The maximum absolute atomic E-state index is 11.2. The van der Waals surface area contributed by atoms with Crippen LogP contribution in [0.25, 0.3) is 0 Å². The summed E-state index contributed by atoms with van der Waals surface area (Å²) in [4.78, 5) is 0.0412. The Kier molecular flexibility index (Phi) is 5.08. The van der Waals surface area contributed by atoms with Crippen molar-refractivity contribution in [3.05, 3.63) is 58.1 Å². The van der Waals surface area contributed by atoms with Crippen LogP contribution in [-0.4, -0.2) is 14.1 Å². The molecular weight excluding hydrogens is 345 g/mol. The number of hydrogen-bond donors (Lipinski definition) is 2. The zero-order chi connectivity index (χ0) is 16.3. The van der Waals surface area contributed by atoms with Gasteiger partial charge in [0.2, 0.25) is 10.0 Å². The second-order valence-electron chi connectivity index (χ2n) is 4.50. The molecule has 0 atom stereocenters. The minimum atomic E-state index is -3.70. The second kappa shape index (κ2) is 6.66. The first-order valence-electron chi connectivity index (χ1n) is 6.16. The lowest BCUT2D eigenvalue weighted by Gasteiger charge is -2.06. The van der Waals surface area contributed by atoms with E-state index in [9.17, 15) is 8.42 Å². The number of nitrogens with one attached hydrogen (secondary N) is 1. The van der Waals surface area contributed by atoms with E-state index < -0.39 is 10.0 Å². The maximum Gasteiger partial charge on any atom is 0.238 e. The van der Waals surface area contributed by atoms with Crippen LogP contribution in [-0.2, 0) is 10.0 Å². The number of benzene rings is 2. The summed E-state index contributed by atoms with van der Waals surface area (Å²) in [6.45, 7) is 1.79. The molecule has 22 heavy (non-hydrogen) atoms. The molecule has 2 aromatic rings. The summed E-state index contributed by atoms with van der Waals surface area (Å²) in [7, 11) is -3.70. The van der Waals surface area contributed by atoms with Gasteiger partial charge in [0.05, 0.1) is 21.3 Å². The summed E-state index contributed by atoms with van der Waals surface area (Å²) in [5, 5.41) is 10.3. The molecule has 2 rings (SSSR count). The summed E-state index contributed by atoms with van der Waals surface area (Å²) in [6.07, 6.45) is 0. The minimum Gasteiger partial charge on any atom is -0.278 e. The number of nitrogens with zero attached hydrogens (tertiary/aromatic N) is 1. The number of anilines is 1. The molecule has 0 aromatic heterocycles. The van der Waals surface area contributed by atoms with Gasteiger partial charge in [0.25, 0.3) is 0 Å². The maximum atomic E-state index is 11.2. The standard InChI is InChI=1S/C14H13Cl2N3O2S/c1-9(13-7-2-10(15)8-14(13)16)18-19-11-3-5-12(6-4-11)22(17,20)21/h2-8,19H,1H3,(H2,17,20,21)/b18-9-. The first kappa shape index (κ1) is 16.8. The Labute approximate surface area is 138 Å². The average Bonchev–Trinajstić information content (AvgIpc) is 2.44. The molecule has 0 saturated heterocycles. The minimum absolute atomic E-state index is 0.0412. The Morgan fingerprint density at radius 1 is 1.14 bits per heavy atom. The fourth-order valence-corrected chi connectivity index (χ4v) is 2.77. The van der Waals surface area contributed by atoms with Gasteiger partial charge in [-0.3, -0.25) is 5.43 Å². The Hall–Kier alpha value is -1.60. The molecule has 0 fully saturated rings. The van der Waals surface area contributed by atoms with Crippen LogP contribution in [0.2, 0.25) is 10.0 Å². The molecule has 0 radical (unpaired) electrons. The van der Waals surface area contributed by atoms with Gasteiger partial charge in [0.15, 0.2) is 0 Å². The second-order valence-corrected chi connectivity index (χ2v) is 6.91. The Morgan fingerprint density at radius 2 is 1.77 bits per heavy atom. The van der Waals surface area contributed by atoms with Crippen molar-refractivity contribution >= 4 is 44.6 Å². The highest BCUT2D eigenvalue weighted by atomic mass is 35.5. The van der Waals surface area contributed by atoms with Gasteiger partial charge in [-0.1, -0.05) is 29.3 Å². The van der Waals surface area contributed by atoms with Crippen LogP contribution in [0.3, 0.4) is 0 Å². The van der Waals surface area contributed by atoms with Crippen LogP contribution in [0, 0.1) is 0 Å². The van der Waals surface area contributed by atoms with Crippen molar-refractivity contribution < 1.29 is 8.42 Å². The Balaban J connectivity index is 2.17. The summed E-state index contributed by atoms with van der Waals surface area (Å²) in [5.41, 5.74) is 4.86. The number of primary sulfonamides is 1. The van der Waals surface area contributed by atoms with E-state index in [1.807, 2.05) is 0 Å². The fourth-order valence-electron chi connectivity index (χ4n) is 1.71. The van der Waals surface area contributed by atoms with Gasteiger partial charge >= 0.3 is 0 Å². The van der Waals surface area contributed by atoms with Crippen molar-refractivity contribution in [1.82, 2.24) is 0 Å². The lowest BCUT2D eigenvalue weighted by molar-refractivity contribution is 0.598. The molecule has 0 bridgehead atoms. The number of halogens is 2. The molecule has 0 heterocycles. The van der Waals surface area contributed by atoms with Crippen molar-refractivity contribution in [2.24, 2.45) is 10.2 Å². The van der Waals surface area contributed by atoms with Gasteiger partial charge in [0, 0.05) is 10.6 Å². The third-order valence-corrected chi connectivity index (χ3v) is 4.33. The predicted molar refractivity (Wildman–Crippen MR) is 90.1 cm³/mol. The molecule has 0 aliphatic rings. The number of hydrogen-bond acceptors (Lipinski definition) is 4. The highest BCUT2D eigenvalue weighted by Gasteiger charge is 2.07. The average molecular weight is 358 g/mol.